The summed E-state index contributed by atoms with van der Waals surface area (Å²) in [5.74, 6) is 0.600. The van der Waals surface area contributed by atoms with E-state index in [0.29, 0.717) is 37.4 Å². The van der Waals surface area contributed by atoms with Gasteiger partial charge in [-0.05, 0) is 65.2 Å². The van der Waals surface area contributed by atoms with Crippen LogP contribution in [0.5, 0.6) is 5.75 Å². The molecule has 0 saturated carbocycles. The standard InChI is InChI=1S/C19H22BrN3O4S/c1-27-15-6-8-16(9-7-15)28(25,26)22-14-10-12-23(13-11-14)19(24)21-18-5-3-2-4-17(18)20/h2-9,14,22H,10-13H2,1H3,(H,21,24). The van der Waals surface area contributed by atoms with Crippen LogP contribution in [-0.2, 0) is 10.0 Å². The molecule has 9 heteroatoms. The maximum atomic E-state index is 12.5. The molecule has 2 aromatic carbocycles. The number of halogens is 1. The lowest BCUT2D eigenvalue weighted by atomic mass is 10.1. The number of amides is 2. The number of likely N-dealkylation sites (tertiary alicyclic amines) is 1. The van der Waals surface area contributed by atoms with Crippen LogP contribution in [0.15, 0.2) is 57.9 Å². The van der Waals surface area contributed by atoms with E-state index in [4.69, 9.17) is 4.74 Å². The van der Waals surface area contributed by atoms with Gasteiger partial charge in [-0.3, -0.25) is 0 Å². The molecule has 0 radical (unpaired) electrons. The van der Waals surface area contributed by atoms with Crippen LogP contribution in [0, 0.1) is 0 Å². The first-order valence-corrected chi connectivity index (χ1v) is 11.1. The fourth-order valence-corrected chi connectivity index (χ4v) is 4.69. The molecule has 150 valence electrons. The maximum absolute atomic E-state index is 12.5. The number of piperidine rings is 1. The topological polar surface area (TPSA) is 87.7 Å². The quantitative estimate of drug-likeness (QED) is 0.704. The number of carbonyl (C=O) groups excluding carboxylic acids is 1. The third-order valence-corrected chi connectivity index (χ3v) is 6.82. The van der Waals surface area contributed by atoms with Crippen molar-refractivity contribution in [1.82, 2.24) is 9.62 Å². The molecule has 2 N–H and O–H groups in total. The SMILES string of the molecule is COc1ccc(S(=O)(=O)NC2CCN(C(=O)Nc3ccccc3Br)CC2)cc1. The molecule has 7 nitrogen and oxygen atoms in total. The minimum Gasteiger partial charge on any atom is -0.497 e. The fraction of sp³-hybridized carbons (Fsp3) is 0.316. The van der Waals surface area contributed by atoms with E-state index in [1.807, 2.05) is 24.3 Å². The van der Waals surface area contributed by atoms with Gasteiger partial charge in [-0.25, -0.2) is 17.9 Å². The van der Waals surface area contributed by atoms with E-state index >= 15 is 0 Å². The molecule has 0 spiro atoms. The van der Waals surface area contributed by atoms with Crippen molar-refractivity contribution in [1.29, 1.82) is 0 Å². The van der Waals surface area contributed by atoms with E-state index in [0.717, 1.165) is 4.47 Å². The lowest BCUT2D eigenvalue weighted by Gasteiger charge is -2.32. The summed E-state index contributed by atoms with van der Waals surface area (Å²) in [6.07, 6.45) is 1.11. The molecule has 1 heterocycles. The number of nitrogens with one attached hydrogen (secondary N) is 2. The number of ether oxygens (including phenoxy) is 1. The minimum absolute atomic E-state index is 0.191. The van der Waals surface area contributed by atoms with Gasteiger partial charge in [-0.2, -0.15) is 0 Å². The third-order valence-electron chi connectivity index (χ3n) is 4.59. The third kappa shape index (κ3) is 5.03. The molecule has 1 aliphatic rings. The number of urea groups is 1. The number of anilines is 1. The molecule has 1 saturated heterocycles. The Morgan fingerprint density at radius 1 is 1.11 bits per heavy atom. The van der Waals surface area contributed by atoms with Crippen molar-refractivity contribution >= 4 is 37.7 Å². The molecule has 0 aromatic heterocycles. The van der Waals surface area contributed by atoms with Gasteiger partial charge in [0.25, 0.3) is 0 Å². The zero-order valence-corrected chi connectivity index (χ0v) is 17.8. The maximum Gasteiger partial charge on any atom is 0.321 e. The monoisotopic (exact) mass is 467 g/mol. The van der Waals surface area contributed by atoms with Crippen LogP contribution >= 0.6 is 15.9 Å². The summed E-state index contributed by atoms with van der Waals surface area (Å²) in [4.78, 5) is 14.3. The van der Waals surface area contributed by atoms with Crippen molar-refractivity contribution in [2.45, 2.75) is 23.8 Å². The highest BCUT2D eigenvalue weighted by molar-refractivity contribution is 9.10. The summed E-state index contributed by atoms with van der Waals surface area (Å²) in [6, 6.07) is 13.3. The number of methoxy groups -OCH3 is 1. The summed E-state index contributed by atoms with van der Waals surface area (Å²) in [5, 5.41) is 2.87. The van der Waals surface area contributed by atoms with E-state index in [9.17, 15) is 13.2 Å². The van der Waals surface area contributed by atoms with E-state index in [1.165, 1.54) is 19.2 Å². The van der Waals surface area contributed by atoms with Crippen LogP contribution in [0.2, 0.25) is 0 Å². The Bertz CT molecular complexity index is 926. The summed E-state index contributed by atoms with van der Waals surface area (Å²) in [5.41, 5.74) is 0.704. The van der Waals surface area contributed by atoms with Crippen LogP contribution in [0.4, 0.5) is 10.5 Å². The highest BCUT2D eigenvalue weighted by Crippen LogP contribution is 2.23. The van der Waals surface area contributed by atoms with Gasteiger partial charge in [0.05, 0.1) is 17.7 Å². The number of carbonyl (C=O) groups is 1. The predicted octanol–water partition coefficient (Wildman–Crippen LogP) is 3.43. The summed E-state index contributed by atoms with van der Waals surface area (Å²) in [6.45, 7) is 0.957. The summed E-state index contributed by atoms with van der Waals surface area (Å²) >= 11 is 3.40. The first kappa shape index (κ1) is 20.6. The van der Waals surface area contributed by atoms with Crippen molar-refractivity contribution in [3.63, 3.8) is 0 Å². The van der Waals surface area contributed by atoms with Crippen molar-refractivity contribution in [3.8, 4) is 5.75 Å². The number of hydrogen-bond donors (Lipinski definition) is 2. The lowest BCUT2D eigenvalue weighted by Crippen LogP contribution is -2.47. The molecular formula is C19H22BrN3O4S. The summed E-state index contributed by atoms with van der Waals surface area (Å²) < 4.78 is 33.7. The van der Waals surface area contributed by atoms with Crippen LogP contribution < -0.4 is 14.8 Å². The van der Waals surface area contributed by atoms with Crippen LogP contribution in [0.1, 0.15) is 12.8 Å². The van der Waals surface area contributed by atoms with Crippen LogP contribution in [0.25, 0.3) is 0 Å². The molecule has 1 aliphatic heterocycles. The van der Waals surface area contributed by atoms with Gasteiger partial charge >= 0.3 is 6.03 Å². The van der Waals surface area contributed by atoms with Crippen LogP contribution in [0.3, 0.4) is 0 Å². The first-order valence-electron chi connectivity index (χ1n) is 8.86. The molecule has 3 rings (SSSR count). The Labute approximate surface area is 173 Å². The highest BCUT2D eigenvalue weighted by atomic mass is 79.9. The van der Waals surface area contributed by atoms with Gasteiger partial charge in [-0.1, -0.05) is 12.1 Å². The van der Waals surface area contributed by atoms with Crippen molar-refractivity contribution in [3.05, 3.63) is 53.0 Å². The number of rotatable bonds is 5. The fourth-order valence-electron chi connectivity index (χ4n) is 3.00. The van der Waals surface area contributed by atoms with Gasteiger partial charge in [0.1, 0.15) is 5.75 Å². The number of para-hydroxylation sites is 1. The second-order valence-electron chi connectivity index (χ2n) is 6.47. The van der Waals surface area contributed by atoms with E-state index in [1.54, 1.807) is 17.0 Å². The Kier molecular flexibility index (Phi) is 6.58. The zero-order valence-electron chi connectivity index (χ0n) is 15.4. The van der Waals surface area contributed by atoms with Gasteiger partial charge in [-0.15, -0.1) is 0 Å². The van der Waals surface area contributed by atoms with Gasteiger partial charge in [0.15, 0.2) is 0 Å². The smallest absolute Gasteiger partial charge is 0.321 e. The largest absolute Gasteiger partial charge is 0.497 e. The lowest BCUT2D eigenvalue weighted by molar-refractivity contribution is 0.193. The molecule has 2 amide bonds. The predicted molar refractivity (Wildman–Crippen MR) is 111 cm³/mol. The van der Waals surface area contributed by atoms with Crippen molar-refractivity contribution < 1.29 is 17.9 Å². The van der Waals surface area contributed by atoms with Gasteiger partial charge in [0.2, 0.25) is 10.0 Å². The van der Waals surface area contributed by atoms with Crippen LogP contribution in [-0.4, -0.2) is 45.6 Å². The number of sulfonamides is 1. The highest BCUT2D eigenvalue weighted by Gasteiger charge is 2.27. The number of benzene rings is 2. The molecule has 1 fully saturated rings. The average molecular weight is 468 g/mol. The molecule has 0 bridgehead atoms. The Hall–Kier alpha value is -2.10. The van der Waals surface area contributed by atoms with E-state index < -0.39 is 10.0 Å². The molecule has 0 unspecified atom stereocenters. The number of hydrogen-bond acceptors (Lipinski definition) is 4. The van der Waals surface area contributed by atoms with Gasteiger partial charge in [0, 0.05) is 23.6 Å². The average Bonchev–Trinajstić information content (AvgIpc) is 2.70. The minimum atomic E-state index is -3.61. The van der Waals surface area contributed by atoms with Crippen molar-refractivity contribution in [2.24, 2.45) is 0 Å². The zero-order chi connectivity index (χ0) is 20.1. The van der Waals surface area contributed by atoms with Crippen molar-refractivity contribution in [2.75, 3.05) is 25.5 Å². The Morgan fingerprint density at radius 3 is 2.36 bits per heavy atom. The molecule has 0 atom stereocenters. The number of nitrogens with zero attached hydrogens (tertiary/aromatic N) is 1. The normalized spacial score (nSPS) is 15.3. The van der Waals surface area contributed by atoms with Gasteiger partial charge < -0.3 is 15.0 Å². The van der Waals surface area contributed by atoms with E-state index in [-0.39, 0.29) is 17.0 Å². The second kappa shape index (κ2) is 8.93. The Balaban J connectivity index is 1.54. The van der Waals surface area contributed by atoms with E-state index in [2.05, 4.69) is 26.0 Å². The Morgan fingerprint density at radius 2 is 1.75 bits per heavy atom. The molecule has 0 aliphatic carbocycles. The molecule has 2 aromatic rings. The summed E-state index contributed by atoms with van der Waals surface area (Å²) in [7, 11) is -2.08. The second-order valence-corrected chi connectivity index (χ2v) is 9.04. The molecule has 28 heavy (non-hydrogen) atoms. The molecular weight excluding hydrogens is 446 g/mol. The first-order chi connectivity index (χ1) is 13.4.